The highest BCUT2D eigenvalue weighted by atomic mass is 16.4. The number of aromatic nitrogens is 1. The second-order valence-corrected chi connectivity index (χ2v) is 5.67. The lowest BCUT2D eigenvalue weighted by Crippen LogP contribution is -2.16. The van der Waals surface area contributed by atoms with E-state index >= 15 is 0 Å². The van der Waals surface area contributed by atoms with Crippen LogP contribution in [0.15, 0.2) is 42.5 Å². The van der Waals surface area contributed by atoms with Crippen LogP contribution in [0.4, 0.5) is 11.5 Å². The monoisotopic (exact) mass is 270 g/mol. The van der Waals surface area contributed by atoms with Crippen LogP contribution < -0.4 is 5.32 Å². The summed E-state index contributed by atoms with van der Waals surface area (Å²) in [6.07, 6.45) is 0. The van der Waals surface area contributed by atoms with Crippen LogP contribution in [0.5, 0.6) is 0 Å². The van der Waals surface area contributed by atoms with Gasteiger partial charge >= 0.3 is 5.97 Å². The zero-order valence-electron chi connectivity index (χ0n) is 11.8. The van der Waals surface area contributed by atoms with Crippen molar-refractivity contribution in [2.75, 3.05) is 5.32 Å². The first kappa shape index (κ1) is 14.1. The molecule has 0 fully saturated rings. The molecule has 0 radical (unpaired) electrons. The van der Waals surface area contributed by atoms with Crippen LogP contribution in [-0.2, 0) is 5.41 Å². The molecule has 0 saturated heterocycles. The summed E-state index contributed by atoms with van der Waals surface area (Å²) in [5.41, 5.74) is 1.65. The number of nitrogens with zero attached hydrogens (tertiary/aromatic N) is 1. The van der Waals surface area contributed by atoms with Gasteiger partial charge in [-0.1, -0.05) is 39.0 Å². The van der Waals surface area contributed by atoms with Crippen molar-refractivity contribution in [1.82, 2.24) is 4.98 Å². The van der Waals surface area contributed by atoms with Crippen molar-refractivity contribution in [2.45, 2.75) is 26.2 Å². The second kappa shape index (κ2) is 5.33. The number of benzene rings is 1. The van der Waals surface area contributed by atoms with E-state index in [-0.39, 0.29) is 11.0 Å². The van der Waals surface area contributed by atoms with Gasteiger partial charge in [-0.15, -0.1) is 0 Å². The normalized spacial score (nSPS) is 11.2. The summed E-state index contributed by atoms with van der Waals surface area (Å²) in [7, 11) is 0. The lowest BCUT2D eigenvalue weighted by Gasteiger charge is -2.19. The number of pyridine rings is 1. The highest BCUT2D eigenvalue weighted by molar-refractivity contribution is 5.89. The molecule has 0 saturated carbocycles. The molecule has 4 heteroatoms. The van der Waals surface area contributed by atoms with Gasteiger partial charge in [-0.05, 0) is 24.3 Å². The van der Waals surface area contributed by atoms with Crippen molar-refractivity contribution in [3.63, 3.8) is 0 Å². The number of para-hydroxylation sites is 1. The zero-order chi connectivity index (χ0) is 14.8. The predicted molar refractivity (Wildman–Crippen MR) is 79.6 cm³/mol. The van der Waals surface area contributed by atoms with Gasteiger partial charge in [0.1, 0.15) is 5.82 Å². The number of carboxylic acids is 1. The van der Waals surface area contributed by atoms with Crippen molar-refractivity contribution in [1.29, 1.82) is 0 Å². The highest BCUT2D eigenvalue weighted by Gasteiger charge is 2.19. The van der Waals surface area contributed by atoms with Crippen LogP contribution in [0.25, 0.3) is 0 Å². The Kier molecular flexibility index (Phi) is 3.74. The van der Waals surface area contributed by atoms with Crippen LogP contribution in [-0.4, -0.2) is 16.1 Å². The molecule has 2 rings (SSSR count). The minimum atomic E-state index is -0.950. The van der Waals surface area contributed by atoms with Crippen LogP contribution >= 0.6 is 0 Å². The van der Waals surface area contributed by atoms with E-state index in [2.05, 4.69) is 10.3 Å². The van der Waals surface area contributed by atoms with Crippen LogP contribution in [0.3, 0.4) is 0 Å². The van der Waals surface area contributed by atoms with Crippen molar-refractivity contribution in [3.05, 3.63) is 53.7 Å². The molecule has 0 aliphatic heterocycles. The fraction of sp³-hybridized carbons (Fsp3) is 0.250. The van der Waals surface area contributed by atoms with Gasteiger partial charge in [0.25, 0.3) is 0 Å². The van der Waals surface area contributed by atoms with E-state index in [1.165, 1.54) is 0 Å². The predicted octanol–water partition coefficient (Wildman–Crippen LogP) is 3.82. The Morgan fingerprint density at radius 2 is 1.80 bits per heavy atom. The topological polar surface area (TPSA) is 62.2 Å². The van der Waals surface area contributed by atoms with Gasteiger partial charge in [-0.3, -0.25) is 0 Å². The van der Waals surface area contributed by atoms with Crippen molar-refractivity contribution in [3.8, 4) is 0 Å². The van der Waals surface area contributed by atoms with Gasteiger partial charge in [0.2, 0.25) is 0 Å². The first-order chi connectivity index (χ1) is 9.36. The second-order valence-electron chi connectivity index (χ2n) is 5.67. The summed E-state index contributed by atoms with van der Waals surface area (Å²) in [5, 5.41) is 12.3. The molecule has 1 aromatic carbocycles. The SMILES string of the molecule is CC(C)(C)c1cc(C(=O)O)cc(Nc2ccccc2)n1. The Labute approximate surface area is 118 Å². The van der Waals surface area contributed by atoms with Gasteiger partial charge in [0.15, 0.2) is 0 Å². The maximum absolute atomic E-state index is 11.2. The molecular weight excluding hydrogens is 252 g/mol. The molecule has 104 valence electrons. The Morgan fingerprint density at radius 1 is 1.15 bits per heavy atom. The standard InChI is InChI=1S/C16H18N2O2/c1-16(2,3)13-9-11(15(19)20)10-14(18-13)17-12-7-5-4-6-8-12/h4-10H,1-3H3,(H,17,18)(H,19,20). The van der Waals surface area contributed by atoms with E-state index in [1.807, 2.05) is 51.1 Å². The molecule has 1 aromatic heterocycles. The molecule has 0 atom stereocenters. The molecule has 2 N–H and O–H groups in total. The number of aromatic carboxylic acids is 1. The maximum Gasteiger partial charge on any atom is 0.335 e. The van der Waals surface area contributed by atoms with Crippen molar-refractivity contribution < 1.29 is 9.90 Å². The molecule has 0 spiro atoms. The van der Waals surface area contributed by atoms with Crippen LogP contribution in [0.1, 0.15) is 36.8 Å². The van der Waals surface area contributed by atoms with Crippen molar-refractivity contribution >= 4 is 17.5 Å². The molecule has 2 aromatic rings. The smallest absolute Gasteiger partial charge is 0.335 e. The zero-order valence-corrected chi connectivity index (χ0v) is 11.8. The van der Waals surface area contributed by atoms with Gasteiger partial charge in [-0.25, -0.2) is 9.78 Å². The Morgan fingerprint density at radius 3 is 2.35 bits per heavy atom. The number of carbonyl (C=O) groups is 1. The highest BCUT2D eigenvalue weighted by Crippen LogP contribution is 2.24. The Hall–Kier alpha value is -2.36. The van der Waals surface area contributed by atoms with Gasteiger partial charge in [0.05, 0.1) is 5.56 Å². The summed E-state index contributed by atoms with van der Waals surface area (Å²) >= 11 is 0. The number of hydrogen-bond acceptors (Lipinski definition) is 3. The third-order valence-electron chi connectivity index (χ3n) is 2.89. The van der Waals surface area contributed by atoms with Crippen LogP contribution in [0, 0.1) is 0 Å². The largest absolute Gasteiger partial charge is 0.478 e. The minimum absolute atomic E-state index is 0.210. The van der Waals surface area contributed by atoms with E-state index in [9.17, 15) is 9.90 Å². The van der Waals surface area contributed by atoms with E-state index in [0.717, 1.165) is 11.4 Å². The van der Waals surface area contributed by atoms with E-state index in [0.29, 0.717) is 5.82 Å². The van der Waals surface area contributed by atoms with Gasteiger partial charge in [0, 0.05) is 16.8 Å². The summed E-state index contributed by atoms with van der Waals surface area (Å²) in [6.45, 7) is 6.02. The number of anilines is 2. The molecule has 0 aliphatic rings. The molecule has 1 heterocycles. The molecular formula is C16H18N2O2. The van der Waals surface area contributed by atoms with E-state index in [4.69, 9.17) is 0 Å². The molecule has 0 unspecified atom stereocenters. The molecule has 0 aliphatic carbocycles. The van der Waals surface area contributed by atoms with E-state index in [1.54, 1.807) is 12.1 Å². The average Bonchev–Trinajstić information content (AvgIpc) is 2.38. The number of hydrogen-bond donors (Lipinski definition) is 2. The average molecular weight is 270 g/mol. The molecule has 0 amide bonds. The fourth-order valence-corrected chi connectivity index (χ4v) is 1.77. The lowest BCUT2D eigenvalue weighted by molar-refractivity contribution is 0.0696. The fourth-order valence-electron chi connectivity index (χ4n) is 1.77. The van der Waals surface area contributed by atoms with Gasteiger partial charge < -0.3 is 10.4 Å². The minimum Gasteiger partial charge on any atom is -0.478 e. The lowest BCUT2D eigenvalue weighted by atomic mass is 9.91. The maximum atomic E-state index is 11.2. The number of nitrogens with one attached hydrogen (secondary N) is 1. The Balaban J connectivity index is 2.42. The summed E-state index contributed by atoms with van der Waals surface area (Å²) in [4.78, 5) is 15.7. The van der Waals surface area contributed by atoms with Crippen LogP contribution in [0.2, 0.25) is 0 Å². The number of rotatable bonds is 3. The quantitative estimate of drug-likeness (QED) is 0.890. The van der Waals surface area contributed by atoms with E-state index < -0.39 is 5.97 Å². The third kappa shape index (κ3) is 3.35. The molecule has 4 nitrogen and oxygen atoms in total. The summed E-state index contributed by atoms with van der Waals surface area (Å²) in [5.74, 6) is -0.407. The molecule has 20 heavy (non-hydrogen) atoms. The third-order valence-corrected chi connectivity index (χ3v) is 2.89. The first-order valence-electron chi connectivity index (χ1n) is 6.44. The summed E-state index contributed by atoms with van der Waals surface area (Å²) < 4.78 is 0. The van der Waals surface area contributed by atoms with Gasteiger partial charge in [-0.2, -0.15) is 0 Å². The summed E-state index contributed by atoms with van der Waals surface area (Å²) in [6, 6.07) is 12.7. The molecule has 0 bridgehead atoms. The Bertz CT molecular complexity index is 616. The number of carboxylic acid groups (broad SMARTS) is 1. The van der Waals surface area contributed by atoms with Crippen molar-refractivity contribution in [2.24, 2.45) is 0 Å². The first-order valence-corrected chi connectivity index (χ1v) is 6.44.